The monoisotopic (exact) mass is 248 g/mol. The van der Waals surface area contributed by atoms with Gasteiger partial charge in [0.1, 0.15) is 0 Å². The van der Waals surface area contributed by atoms with E-state index in [9.17, 15) is 4.79 Å². The van der Waals surface area contributed by atoms with Gasteiger partial charge in [0, 0.05) is 42.9 Å². The summed E-state index contributed by atoms with van der Waals surface area (Å²) in [6.07, 6.45) is 6.07. The maximum atomic E-state index is 11.9. The van der Waals surface area contributed by atoms with Crippen LogP contribution >= 0.6 is 0 Å². The van der Waals surface area contributed by atoms with E-state index >= 15 is 0 Å². The number of carbonyl (C=O) groups is 1. The fraction of sp³-hybridized carbons (Fsp3) is 0.692. The Morgan fingerprint density at radius 1 is 1.56 bits per heavy atom. The third kappa shape index (κ3) is 2.03. The van der Waals surface area contributed by atoms with Crippen LogP contribution in [0.2, 0.25) is 0 Å². The summed E-state index contributed by atoms with van der Waals surface area (Å²) >= 11 is 0. The topological polar surface area (TPSA) is 61.0 Å². The van der Waals surface area contributed by atoms with Gasteiger partial charge in [-0.25, -0.2) is 0 Å². The number of nitrogens with zero attached hydrogens (tertiary/aromatic N) is 2. The molecule has 1 amide bonds. The number of H-pyrrole nitrogens is 1. The van der Waals surface area contributed by atoms with Crippen molar-refractivity contribution in [1.82, 2.24) is 20.4 Å². The molecule has 2 fully saturated rings. The Hall–Kier alpha value is -1.36. The highest BCUT2D eigenvalue weighted by Crippen LogP contribution is 2.28. The molecular weight excluding hydrogens is 228 g/mol. The third-order valence-corrected chi connectivity index (χ3v) is 4.22. The summed E-state index contributed by atoms with van der Waals surface area (Å²) in [6, 6.07) is 0.727. The SMILES string of the molecule is Cc1[nH]ncc1CNC1CC(=O)N2CCCCC12. The molecule has 5 heteroatoms. The van der Waals surface area contributed by atoms with Crippen molar-refractivity contribution >= 4 is 5.91 Å². The number of amides is 1. The lowest BCUT2D eigenvalue weighted by Gasteiger charge is -2.32. The zero-order valence-corrected chi connectivity index (χ0v) is 10.8. The first kappa shape index (κ1) is 11.7. The number of nitrogens with one attached hydrogen (secondary N) is 2. The van der Waals surface area contributed by atoms with E-state index in [-0.39, 0.29) is 0 Å². The molecule has 2 aliphatic rings. The normalized spacial score (nSPS) is 27.6. The lowest BCUT2D eigenvalue weighted by Crippen LogP contribution is -2.45. The molecule has 0 spiro atoms. The number of aryl methyl sites for hydroxylation is 1. The summed E-state index contributed by atoms with van der Waals surface area (Å²) in [5, 5.41) is 10.5. The molecule has 18 heavy (non-hydrogen) atoms. The quantitative estimate of drug-likeness (QED) is 0.837. The van der Waals surface area contributed by atoms with E-state index in [1.807, 2.05) is 13.1 Å². The minimum Gasteiger partial charge on any atom is -0.338 e. The van der Waals surface area contributed by atoms with Crippen LogP contribution in [-0.2, 0) is 11.3 Å². The lowest BCUT2D eigenvalue weighted by atomic mass is 9.99. The van der Waals surface area contributed by atoms with Crippen LogP contribution in [0.3, 0.4) is 0 Å². The lowest BCUT2D eigenvalue weighted by molar-refractivity contribution is -0.129. The van der Waals surface area contributed by atoms with E-state index in [2.05, 4.69) is 20.4 Å². The van der Waals surface area contributed by atoms with Gasteiger partial charge in [-0.15, -0.1) is 0 Å². The number of hydrogen-bond acceptors (Lipinski definition) is 3. The van der Waals surface area contributed by atoms with Crippen LogP contribution in [0.5, 0.6) is 0 Å². The highest BCUT2D eigenvalue weighted by atomic mass is 16.2. The molecule has 0 radical (unpaired) electrons. The minimum atomic E-state index is 0.312. The van der Waals surface area contributed by atoms with Gasteiger partial charge in [0.15, 0.2) is 0 Å². The van der Waals surface area contributed by atoms with Crippen molar-refractivity contribution in [1.29, 1.82) is 0 Å². The molecular formula is C13H20N4O. The molecule has 2 aliphatic heterocycles. The molecule has 5 nitrogen and oxygen atoms in total. The Bertz CT molecular complexity index is 442. The second-order valence-electron chi connectivity index (χ2n) is 5.36. The number of rotatable bonds is 3. The Labute approximate surface area is 107 Å². The Kier molecular flexibility index (Phi) is 3.07. The third-order valence-electron chi connectivity index (χ3n) is 4.22. The average molecular weight is 248 g/mol. The van der Waals surface area contributed by atoms with E-state index in [0.29, 0.717) is 24.4 Å². The highest BCUT2D eigenvalue weighted by molar-refractivity contribution is 5.80. The number of fused-ring (bicyclic) bond motifs is 1. The number of aromatic amines is 1. The first-order valence-electron chi connectivity index (χ1n) is 6.77. The van der Waals surface area contributed by atoms with Crippen molar-refractivity contribution in [3.05, 3.63) is 17.5 Å². The summed E-state index contributed by atoms with van der Waals surface area (Å²) < 4.78 is 0. The van der Waals surface area contributed by atoms with Gasteiger partial charge in [0.2, 0.25) is 5.91 Å². The maximum absolute atomic E-state index is 11.9. The molecule has 3 rings (SSSR count). The molecule has 2 atom stereocenters. The second kappa shape index (κ2) is 4.72. The van der Waals surface area contributed by atoms with E-state index in [1.165, 1.54) is 12.0 Å². The molecule has 2 unspecified atom stereocenters. The van der Waals surface area contributed by atoms with Gasteiger partial charge >= 0.3 is 0 Å². The van der Waals surface area contributed by atoms with Gasteiger partial charge < -0.3 is 10.2 Å². The molecule has 3 heterocycles. The van der Waals surface area contributed by atoms with E-state index < -0.39 is 0 Å². The van der Waals surface area contributed by atoms with Gasteiger partial charge in [-0.2, -0.15) is 5.10 Å². The summed E-state index contributed by atoms with van der Waals surface area (Å²) in [4.78, 5) is 14.0. The molecule has 0 aliphatic carbocycles. The van der Waals surface area contributed by atoms with E-state index in [0.717, 1.165) is 31.6 Å². The standard InChI is InChI=1S/C13H20N4O/c1-9-10(8-15-16-9)7-14-11-6-13(18)17-5-3-2-4-12(11)17/h8,11-12,14H,2-7H2,1H3,(H,15,16). The van der Waals surface area contributed by atoms with Gasteiger partial charge in [-0.1, -0.05) is 0 Å². The van der Waals surface area contributed by atoms with Gasteiger partial charge in [-0.05, 0) is 26.2 Å². The van der Waals surface area contributed by atoms with Crippen molar-refractivity contribution in [3.8, 4) is 0 Å². The van der Waals surface area contributed by atoms with Crippen molar-refractivity contribution in [2.24, 2.45) is 0 Å². The maximum Gasteiger partial charge on any atom is 0.224 e. The zero-order valence-electron chi connectivity index (χ0n) is 10.8. The fourth-order valence-electron chi connectivity index (χ4n) is 3.13. The second-order valence-corrected chi connectivity index (χ2v) is 5.36. The Morgan fingerprint density at radius 2 is 2.44 bits per heavy atom. The molecule has 0 bridgehead atoms. The number of piperidine rings is 1. The summed E-state index contributed by atoms with van der Waals surface area (Å²) in [5.74, 6) is 0.320. The zero-order chi connectivity index (χ0) is 12.5. The number of hydrogen-bond donors (Lipinski definition) is 2. The number of aromatic nitrogens is 2. The van der Waals surface area contributed by atoms with Crippen LogP contribution < -0.4 is 5.32 Å². The van der Waals surface area contributed by atoms with Crippen molar-refractivity contribution in [2.75, 3.05) is 6.54 Å². The summed E-state index contributed by atoms with van der Waals surface area (Å²) in [6.45, 7) is 3.77. The van der Waals surface area contributed by atoms with E-state index in [1.54, 1.807) is 0 Å². The highest BCUT2D eigenvalue weighted by Gasteiger charge is 2.40. The fourth-order valence-corrected chi connectivity index (χ4v) is 3.13. The van der Waals surface area contributed by atoms with Crippen LogP contribution in [0.4, 0.5) is 0 Å². The van der Waals surface area contributed by atoms with Crippen LogP contribution in [0.15, 0.2) is 6.20 Å². The first-order valence-corrected chi connectivity index (χ1v) is 6.77. The number of carbonyl (C=O) groups excluding carboxylic acids is 1. The Morgan fingerprint density at radius 3 is 3.22 bits per heavy atom. The van der Waals surface area contributed by atoms with Crippen molar-refractivity contribution in [3.63, 3.8) is 0 Å². The summed E-state index contributed by atoms with van der Waals surface area (Å²) in [5.41, 5.74) is 2.30. The summed E-state index contributed by atoms with van der Waals surface area (Å²) in [7, 11) is 0. The molecule has 98 valence electrons. The van der Waals surface area contributed by atoms with Crippen molar-refractivity contribution < 1.29 is 4.79 Å². The van der Waals surface area contributed by atoms with Crippen LogP contribution in [0, 0.1) is 6.92 Å². The van der Waals surface area contributed by atoms with Crippen LogP contribution in [-0.4, -0.2) is 39.6 Å². The minimum absolute atomic E-state index is 0.312. The van der Waals surface area contributed by atoms with E-state index in [4.69, 9.17) is 0 Å². The molecule has 0 saturated carbocycles. The van der Waals surface area contributed by atoms with Crippen LogP contribution in [0.25, 0.3) is 0 Å². The predicted octanol–water partition coefficient (Wildman–Crippen LogP) is 0.961. The van der Waals surface area contributed by atoms with Gasteiger partial charge in [0.25, 0.3) is 0 Å². The largest absolute Gasteiger partial charge is 0.338 e. The molecule has 1 aromatic heterocycles. The van der Waals surface area contributed by atoms with Gasteiger partial charge in [-0.3, -0.25) is 9.89 Å². The molecule has 2 N–H and O–H groups in total. The smallest absolute Gasteiger partial charge is 0.224 e. The first-order chi connectivity index (χ1) is 8.75. The Balaban J connectivity index is 1.63. The molecule has 2 saturated heterocycles. The predicted molar refractivity (Wildman–Crippen MR) is 67.9 cm³/mol. The van der Waals surface area contributed by atoms with Crippen LogP contribution in [0.1, 0.15) is 36.9 Å². The molecule has 1 aromatic rings. The van der Waals surface area contributed by atoms with Crippen molar-refractivity contribution in [2.45, 2.75) is 51.2 Å². The van der Waals surface area contributed by atoms with Gasteiger partial charge in [0.05, 0.1) is 6.20 Å². The molecule has 0 aromatic carbocycles. The average Bonchev–Trinajstić information content (AvgIpc) is 2.92.